The summed E-state index contributed by atoms with van der Waals surface area (Å²) in [6.45, 7) is 1.04. The molecule has 0 atom stereocenters. The molecular formula is C26H24N2O3. The van der Waals surface area contributed by atoms with Crippen LogP contribution >= 0.6 is 0 Å². The fourth-order valence-corrected chi connectivity index (χ4v) is 3.24. The standard InChI is InChI=1S/C26H24N2O3/c29-26(28-25-15-6-9-20-8-4-5-14-24(20)25)19-27-21-10-7-13-23(18-21)31-17-16-30-22-11-2-1-3-12-22/h1-15,18,27H,16-17,19H2,(H,28,29). The molecule has 0 aliphatic rings. The Kier molecular flexibility index (Phi) is 6.65. The molecule has 1 amide bonds. The van der Waals surface area contributed by atoms with Crippen molar-refractivity contribution in [2.45, 2.75) is 0 Å². The summed E-state index contributed by atoms with van der Waals surface area (Å²) in [4.78, 5) is 12.4. The van der Waals surface area contributed by atoms with Gasteiger partial charge in [-0.15, -0.1) is 0 Å². The minimum Gasteiger partial charge on any atom is -0.490 e. The Hall–Kier alpha value is -3.99. The number of anilines is 2. The SMILES string of the molecule is O=C(CNc1cccc(OCCOc2ccccc2)c1)Nc1cccc2ccccc12. The normalized spacial score (nSPS) is 10.5. The van der Waals surface area contributed by atoms with E-state index in [2.05, 4.69) is 10.6 Å². The first-order chi connectivity index (χ1) is 15.3. The van der Waals surface area contributed by atoms with Gasteiger partial charge in [-0.1, -0.05) is 60.7 Å². The summed E-state index contributed by atoms with van der Waals surface area (Å²) >= 11 is 0. The second-order valence-corrected chi connectivity index (χ2v) is 6.97. The molecule has 5 nitrogen and oxygen atoms in total. The summed E-state index contributed by atoms with van der Waals surface area (Å²) in [5.74, 6) is 1.42. The van der Waals surface area contributed by atoms with E-state index in [-0.39, 0.29) is 12.5 Å². The first kappa shape index (κ1) is 20.3. The number of hydrogen-bond donors (Lipinski definition) is 2. The minimum atomic E-state index is -0.112. The monoisotopic (exact) mass is 412 g/mol. The van der Waals surface area contributed by atoms with Crippen molar-refractivity contribution in [3.8, 4) is 11.5 Å². The van der Waals surface area contributed by atoms with Gasteiger partial charge in [0.05, 0.1) is 6.54 Å². The maximum atomic E-state index is 12.4. The Morgan fingerprint density at radius 3 is 2.26 bits per heavy atom. The van der Waals surface area contributed by atoms with E-state index in [1.54, 1.807) is 0 Å². The molecule has 0 fully saturated rings. The van der Waals surface area contributed by atoms with Crippen LogP contribution < -0.4 is 20.1 Å². The largest absolute Gasteiger partial charge is 0.490 e. The maximum Gasteiger partial charge on any atom is 0.243 e. The van der Waals surface area contributed by atoms with Crippen LogP contribution in [0.15, 0.2) is 97.1 Å². The van der Waals surface area contributed by atoms with Gasteiger partial charge in [0.1, 0.15) is 24.7 Å². The van der Waals surface area contributed by atoms with E-state index < -0.39 is 0 Å². The van der Waals surface area contributed by atoms with Crippen molar-refractivity contribution in [2.75, 3.05) is 30.4 Å². The quantitative estimate of drug-likeness (QED) is 0.364. The van der Waals surface area contributed by atoms with E-state index >= 15 is 0 Å². The van der Waals surface area contributed by atoms with Crippen molar-refractivity contribution in [1.29, 1.82) is 0 Å². The summed E-state index contributed by atoms with van der Waals surface area (Å²) in [6, 6.07) is 31.0. The second kappa shape index (κ2) is 10.2. The highest BCUT2D eigenvalue weighted by atomic mass is 16.5. The van der Waals surface area contributed by atoms with Gasteiger partial charge in [0.2, 0.25) is 5.91 Å². The van der Waals surface area contributed by atoms with Gasteiger partial charge in [-0.25, -0.2) is 0 Å². The predicted octanol–water partition coefficient (Wildman–Crippen LogP) is 5.35. The van der Waals surface area contributed by atoms with Crippen LogP contribution in [0, 0.1) is 0 Å². The molecule has 156 valence electrons. The molecule has 2 N–H and O–H groups in total. The number of benzene rings is 4. The average Bonchev–Trinajstić information content (AvgIpc) is 2.82. The van der Waals surface area contributed by atoms with Crippen molar-refractivity contribution >= 4 is 28.1 Å². The van der Waals surface area contributed by atoms with E-state index in [0.717, 1.165) is 33.6 Å². The molecule has 0 unspecified atom stereocenters. The lowest BCUT2D eigenvalue weighted by Gasteiger charge is -2.12. The van der Waals surface area contributed by atoms with E-state index in [1.807, 2.05) is 97.1 Å². The summed E-state index contributed by atoms with van der Waals surface area (Å²) in [7, 11) is 0. The molecule has 0 aliphatic heterocycles. The lowest BCUT2D eigenvalue weighted by Crippen LogP contribution is -2.21. The summed E-state index contributed by atoms with van der Waals surface area (Å²) < 4.78 is 11.4. The van der Waals surface area contributed by atoms with Crippen molar-refractivity contribution in [3.63, 3.8) is 0 Å². The molecule has 0 saturated carbocycles. The lowest BCUT2D eigenvalue weighted by atomic mass is 10.1. The Labute approximate surface area is 181 Å². The zero-order chi connectivity index (χ0) is 21.3. The molecule has 4 aromatic rings. The van der Waals surface area contributed by atoms with Crippen LogP contribution in [0.2, 0.25) is 0 Å². The van der Waals surface area contributed by atoms with Crippen LogP contribution in [0.4, 0.5) is 11.4 Å². The molecule has 0 radical (unpaired) electrons. The van der Waals surface area contributed by atoms with Gasteiger partial charge in [-0.05, 0) is 35.7 Å². The highest BCUT2D eigenvalue weighted by Crippen LogP contribution is 2.23. The number of rotatable bonds is 9. The van der Waals surface area contributed by atoms with Crippen molar-refractivity contribution in [1.82, 2.24) is 0 Å². The number of fused-ring (bicyclic) bond motifs is 1. The van der Waals surface area contributed by atoms with Crippen LogP contribution in [0.3, 0.4) is 0 Å². The maximum absolute atomic E-state index is 12.4. The molecule has 4 aromatic carbocycles. The fraction of sp³-hybridized carbons (Fsp3) is 0.115. The van der Waals surface area contributed by atoms with E-state index in [0.29, 0.717) is 13.2 Å². The number of ether oxygens (including phenoxy) is 2. The number of carbonyl (C=O) groups is 1. The van der Waals surface area contributed by atoms with Gasteiger partial charge in [0, 0.05) is 22.8 Å². The van der Waals surface area contributed by atoms with Crippen molar-refractivity contribution in [3.05, 3.63) is 97.1 Å². The summed E-state index contributed by atoms with van der Waals surface area (Å²) in [5, 5.41) is 8.24. The fourth-order valence-electron chi connectivity index (χ4n) is 3.24. The van der Waals surface area contributed by atoms with Gasteiger partial charge >= 0.3 is 0 Å². The molecule has 0 aliphatic carbocycles. The molecule has 4 rings (SSSR count). The van der Waals surface area contributed by atoms with Crippen LogP contribution in [-0.4, -0.2) is 25.7 Å². The molecule has 0 saturated heterocycles. The molecule has 31 heavy (non-hydrogen) atoms. The van der Waals surface area contributed by atoms with Crippen LogP contribution in [0.1, 0.15) is 0 Å². The van der Waals surface area contributed by atoms with Gasteiger partial charge in [-0.3, -0.25) is 4.79 Å². The van der Waals surface area contributed by atoms with E-state index in [1.165, 1.54) is 0 Å². The number of amides is 1. The van der Waals surface area contributed by atoms with E-state index in [9.17, 15) is 4.79 Å². The Morgan fingerprint density at radius 1 is 0.710 bits per heavy atom. The molecule has 5 heteroatoms. The third kappa shape index (κ3) is 5.76. The topological polar surface area (TPSA) is 59.6 Å². The highest BCUT2D eigenvalue weighted by molar-refractivity contribution is 6.03. The van der Waals surface area contributed by atoms with Crippen molar-refractivity contribution in [2.24, 2.45) is 0 Å². The van der Waals surface area contributed by atoms with Crippen LogP contribution in [0.5, 0.6) is 11.5 Å². The predicted molar refractivity (Wildman–Crippen MR) is 125 cm³/mol. The smallest absolute Gasteiger partial charge is 0.243 e. The van der Waals surface area contributed by atoms with Crippen LogP contribution in [0.25, 0.3) is 10.8 Å². The number of nitrogens with one attached hydrogen (secondary N) is 2. The number of carbonyl (C=O) groups excluding carboxylic acids is 1. The third-order valence-corrected chi connectivity index (χ3v) is 4.71. The zero-order valence-electron chi connectivity index (χ0n) is 17.1. The first-order valence-corrected chi connectivity index (χ1v) is 10.2. The number of hydrogen-bond acceptors (Lipinski definition) is 4. The van der Waals surface area contributed by atoms with Crippen LogP contribution in [-0.2, 0) is 4.79 Å². The molecule has 0 spiro atoms. The Morgan fingerprint density at radius 2 is 1.39 bits per heavy atom. The Bertz CT molecular complexity index is 1140. The van der Waals surface area contributed by atoms with Crippen molar-refractivity contribution < 1.29 is 14.3 Å². The molecule has 0 heterocycles. The van der Waals surface area contributed by atoms with Gasteiger partial charge in [0.15, 0.2) is 0 Å². The highest BCUT2D eigenvalue weighted by Gasteiger charge is 2.06. The van der Waals surface area contributed by atoms with Gasteiger partial charge < -0.3 is 20.1 Å². The molecular weight excluding hydrogens is 388 g/mol. The minimum absolute atomic E-state index is 0.112. The van der Waals surface area contributed by atoms with Gasteiger partial charge in [0.25, 0.3) is 0 Å². The lowest BCUT2D eigenvalue weighted by molar-refractivity contribution is -0.114. The zero-order valence-corrected chi connectivity index (χ0v) is 17.1. The molecule has 0 bridgehead atoms. The second-order valence-electron chi connectivity index (χ2n) is 6.97. The third-order valence-electron chi connectivity index (χ3n) is 4.71. The first-order valence-electron chi connectivity index (χ1n) is 10.2. The van der Waals surface area contributed by atoms with Gasteiger partial charge in [-0.2, -0.15) is 0 Å². The molecule has 0 aromatic heterocycles. The summed E-state index contributed by atoms with van der Waals surface area (Å²) in [5.41, 5.74) is 1.62. The summed E-state index contributed by atoms with van der Waals surface area (Å²) in [6.07, 6.45) is 0. The Balaban J connectivity index is 1.26. The average molecular weight is 412 g/mol. The number of para-hydroxylation sites is 1. The van der Waals surface area contributed by atoms with E-state index in [4.69, 9.17) is 9.47 Å².